The summed E-state index contributed by atoms with van der Waals surface area (Å²) in [5.74, 6) is -0.00223. The average molecular weight is 459 g/mol. The van der Waals surface area contributed by atoms with Crippen LogP contribution in [0.15, 0.2) is 65.1 Å². The van der Waals surface area contributed by atoms with Crippen LogP contribution in [0.5, 0.6) is 5.75 Å². The summed E-state index contributed by atoms with van der Waals surface area (Å²) in [7, 11) is 0. The molecule has 1 amide bonds. The molecule has 0 bridgehead atoms. The van der Waals surface area contributed by atoms with Gasteiger partial charge in [0.25, 0.3) is 5.91 Å². The topological polar surface area (TPSA) is 64.4 Å². The van der Waals surface area contributed by atoms with Crippen molar-refractivity contribution >= 4 is 45.9 Å². The number of aromatic nitrogens is 1. The van der Waals surface area contributed by atoms with Crippen LogP contribution in [0, 0.1) is 5.82 Å². The van der Waals surface area contributed by atoms with Crippen LogP contribution < -0.4 is 10.1 Å². The molecule has 4 aromatic rings. The molecule has 0 fully saturated rings. The number of amides is 1. The molecule has 1 N–H and O–H groups in total. The fourth-order valence-electron chi connectivity index (χ4n) is 2.91. The maximum absolute atomic E-state index is 13.3. The molecule has 0 aliphatic carbocycles. The Kier molecular flexibility index (Phi) is 5.60. The van der Waals surface area contributed by atoms with E-state index in [-0.39, 0.29) is 16.8 Å². The molecular formula is C23H17Cl2FN2O3. The van der Waals surface area contributed by atoms with E-state index in [4.69, 9.17) is 32.4 Å². The highest BCUT2D eigenvalue weighted by atomic mass is 35.5. The lowest BCUT2D eigenvalue weighted by molar-refractivity contribution is -0.128. The zero-order valence-electron chi connectivity index (χ0n) is 16.6. The SMILES string of the molecule is CC(C)(Oc1ccc(Cl)cc1)C(=O)Nc1ccc2oc(-c3ccc(F)cc3Cl)nc2c1. The normalized spacial score (nSPS) is 11.5. The summed E-state index contributed by atoms with van der Waals surface area (Å²) in [6, 6.07) is 15.8. The van der Waals surface area contributed by atoms with Gasteiger partial charge in [0.2, 0.25) is 5.89 Å². The molecule has 0 atom stereocenters. The summed E-state index contributed by atoms with van der Waals surface area (Å²) >= 11 is 12.0. The molecule has 0 spiro atoms. The third-order valence-electron chi connectivity index (χ3n) is 4.54. The minimum atomic E-state index is -1.14. The van der Waals surface area contributed by atoms with E-state index in [1.807, 2.05) is 0 Å². The monoisotopic (exact) mass is 458 g/mol. The average Bonchev–Trinajstić information content (AvgIpc) is 3.12. The number of oxazole rings is 1. The Morgan fingerprint density at radius 2 is 1.81 bits per heavy atom. The lowest BCUT2D eigenvalue weighted by atomic mass is 10.1. The van der Waals surface area contributed by atoms with Crippen LogP contribution in [0.2, 0.25) is 10.0 Å². The van der Waals surface area contributed by atoms with Gasteiger partial charge in [0.15, 0.2) is 11.2 Å². The maximum Gasteiger partial charge on any atom is 0.267 e. The van der Waals surface area contributed by atoms with Gasteiger partial charge in [-0.05, 0) is 74.5 Å². The Labute approximate surface area is 187 Å². The summed E-state index contributed by atoms with van der Waals surface area (Å²) in [6.45, 7) is 3.33. The molecule has 158 valence electrons. The summed E-state index contributed by atoms with van der Waals surface area (Å²) in [5, 5.41) is 3.60. The first-order chi connectivity index (χ1) is 14.7. The van der Waals surface area contributed by atoms with Gasteiger partial charge in [0, 0.05) is 10.7 Å². The van der Waals surface area contributed by atoms with Crippen LogP contribution in [0.1, 0.15) is 13.8 Å². The number of nitrogens with one attached hydrogen (secondary N) is 1. The Bertz CT molecular complexity index is 1270. The highest BCUT2D eigenvalue weighted by molar-refractivity contribution is 6.33. The highest BCUT2D eigenvalue weighted by Crippen LogP contribution is 2.31. The van der Waals surface area contributed by atoms with Crippen molar-refractivity contribution in [2.24, 2.45) is 0 Å². The Morgan fingerprint density at radius 3 is 2.52 bits per heavy atom. The number of nitrogens with zero attached hydrogens (tertiary/aromatic N) is 1. The molecule has 5 nitrogen and oxygen atoms in total. The number of hydrogen-bond donors (Lipinski definition) is 1. The predicted molar refractivity (Wildman–Crippen MR) is 119 cm³/mol. The summed E-state index contributed by atoms with van der Waals surface area (Å²) < 4.78 is 24.8. The number of halogens is 3. The maximum atomic E-state index is 13.3. The molecule has 0 radical (unpaired) electrons. The molecule has 1 heterocycles. The van der Waals surface area contributed by atoms with Crippen LogP contribution in [0.25, 0.3) is 22.6 Å². The Morgan fingerprint density at radius 1 is 1.06 bits per heavy atom. The van der Waals surface area contributed by atoms with E-state index >= 15 is 0 Å². The minimum Gasteiger partial charge on any atom is -0.478 e. The van der Waals surface area contributed by atoms with Crippen molar-refractivity contribution in [3.05, 3.63) is 76.5 Å². The molecular weight excluding hydrogens is 442 g/mol. The second-order valence-electron chi connectivity index (χ2n) is 7.35. The third-order valence-corrected chi connectivity index (χ3v) is 5.11. The summed E-state index contributed by atoms with van der Waals surface area (Å²) in [4.78, 5) is 17.2. The smallest absolute Gasteiger partial charge is 0.267 e. The van der Waals surface area contributed by atoms with Crippen molar-refractivity contribution in [1.29, 1.82) is 0 Å². The van der Waals surface area contributed by atoms with Crippen molar-refractivity contribution in [2.75, 3.05) is 5.32 Å². The van der Waals surface area contributed by atoms with E-state index in [2.05, 4.69) is 10.3 Å². The summed E-state index contributed by atoms with van der Waals surface area (Å²) in [5.41, 5.74) is 0.881. The van der Waals surface area contributed by atoms with Crippen molar-refractivity contribution in [3.63, 3.8) is 0 Å². The highest BCUT2D eigenvalue weighted by Gasteiger charge is 2.30. The van der Waals surface area contributed by atoms with Gasteiger partial charge in [-0.1, -0.05) is 23.2 Å². The number of anilines is 1. The van der Waals surface area contributed by atoms with Gasteiger partial charge in [-0.25, -0.2) is 9.37 Å². The lowest BCUT2D eigenvalue weighted by Gasteiger charge is -2.25. The van der Waals surface area contributed by atoms with Crippen molar-refractivity contribution in [2.45, 2.75) is 19.4 Å². The number of carbonyl (C=O) groups excluding carboxylic acids is 1. The third kappa shape index (κ3) is 4.65. The molecule has 3 aromatic carbocycles. The number of carbonyl (C=O) groups is 1. The second-order valence-corrected chi connectivity index (χ2v) is 8.19. The molecule has 1 aromatic heterocycles. The van der Waals surface area contributed by atoms with E-state index in [9.17, 15) is 9.18 Å². The number of ether oxygens (including phenoxy) is 1. The van der Waals surface area contributed by atoms with Gasteiger partial charge in [-0.2, -0.15) is 0 Å². The van der Waals surface area contributed by atoms with Crippen molar-refractivity contribution in [3.8, 4) is 17.2 Å². The van der Waals surface area contributed by atoms with Gasteiger partial charge in [-0.3, -0.25) is 4.79 Å². The largest absolute Gasteiger partial charge is 0.478 e. The number of benzene rings is 3. The summed E-state index contributed by atoms with van der Waals surface area (Å²) in [6.07, 6.45) is 0. The van der Waals surface area contributed by atoms with Crippen LogP contribution in [-0.2, 0) is 4.79 Å². The lowest BCUT2D eigenvalue weighted by Crippen LogP contribution is -2.42. The number of rotatable bonds is 5. The molecule has 0 aliphatic heterocycles. The van der Waals surface area contributed by atoms with Gasteiger partial charge in [0.05, 0.1) is 10.6 Å². The van der Waals surface area contributed by atoms with Crippen LogP contribution >= 0.6 is 23.2 Å². The van der Waals surface area contributed by atoms with Gasteiger partial charge in [-0.15, -0.1) is 0 Å². The van der Waals surface area contributed by atoms with Crippen LogP contribution in [-0.4, -0.2) is 16.5 Å². The standard InChI is InChI=1S/C23H17Cl2FN2O3/c1-23(2,31-16-7-3-13(24)4-8-16)22(29)27-15-6-10-20-19(12-15)28-21(30-20)17-9-5-14(26)11-18(17)25/h3-12H,1-2H3,(H,27,29). The molecule has 0 saturated carbocycles. The molecule has 0 aliphatic rings. The molecule has 31 heavy (non-hydrogen) atoms. The first-order valence-electron chi connectivity index (χ1n) is 9.33. The zero-order valence-corrected chi connectivity index (χ0v) is 18.1. The van der Waals surface area contributed by atoms with E-state index in [0.717, 1.165) is 0 Å². The molecule has 8 heteroatoms. The van der Waals surface area contributed by atoms with Gasteiger partial charge >= 0.3 is 0 Å². The predicted octanol–water partition coefficient (Wildman–Crippen LogP) is 6.74. The van der Waals surface area contributed by atoms with E-state index in [1.54, 1.807) is 56.3 Å². The van der Waals surface area contributed by atoms with Gasteiger partial charge in [0.1, 0.15) is 17.1 Å². The van der Waals surface area contributed by atoms with Gasteiger partial charge < -0.3 is 14.5 Å². The van der Waals surface area contributed by atoms with E-state index in [1.165, 1.54) is 18.2 Å². The first-order valence-corrected chi connectivity index (χ1v) is 10.1. The van der Waals surface area contributed by atoms with Crippen molar-refractivity contribution < 1.29 is 18.3 Å². The zero-order chi connectivity index (χ0) is 22.2. The Balaban J connectivity index is 1.54. The van der Waals surface area contributed by atoms with Crippen LogP contribution in [0.4, 0.5) is 10.1 Å². The van der Waals surface area contributed by atoms with E-state index < -0.39 is 11.4 Å². The fourth-order valence-corrected chi connectivity index (χ4v) is 3.28. The van der Waals surface area contributed by atoms with E-state index in [0.29, 0.717) is 33.1 Å². The number of fused-ring (bicyclic) bond motifs is 1. The fraction of sp³-hybridized carbons (Fsp3) is 0.130. The van der Waals surface area contributed by atoms with Crippen molar-refractivity contribution in [1.82, 2.24) is 4.98 Å². The first kappa shape index (κ1) is 21.2. The second kappa shape index (κ2) is 8.21. The number of hydrogen-bond acceptors (Lipinski definition) is 4. The molecule has 0 unspecified atom stereocenters. The van der Waals surface area contributed by atoms with Crippen LogP contribution in [0.3, 0.4) is 0 Å². The quantitative estimate of drug-likeness (QED) is 0.359. The Hall–Kier alpha value is -3.09. The molecule has 4 rings (SSSR count). The minimum absolute atomic E-state index is 0.196. The molecule has 0 saturated heterocycles.